The Hall–Kier alpha value is -2.62. The molecule has 0 saturated heterocycles. The van der Waals surface area contributed by atoms with Gasteiger partial charge in [-0.2, -0.15) is 0 Å². The second kappa shape index (κ2) is 8.85. The monoisotopic (exact) mass is 368 g/mol. The molecule has 4 nitrogen and oxygen atoms in total. The first-order valence-electron chi connectivity index (χ1n) is 9.42. The fourth-order valence-corrected chi connectivity index (χ4v) is 3.66. The van der Waals surface area contributed by atoms with E-state index in [0.717, 1.165) is 24.2 Å². The number of benzene rings is 2. The van der Waals surface area contributed by atoms with Crippen LogP contribution in [0.5, 0.6) is 11.5 Å². The van der Waals surface area contributed by atoms with E-state index in [-0.39, 0.29) is 11.7 Å². The van der Waals surface area contributed by atoms with Gasteiger partial charge in [0.1, 0.15) is 12.0 Å². The van der Waals surface area contributed by atoms with Gasteiger partial charge < -0.3 is 19.3 Å². The maximum Gasteiger partial charge on any atom is 0.229 e. The van der Waals surface area contributed by atoms with Crippen molar-refractivity contribution in [1.82, 2.24) is 0 Å². The average molecular weight is 368 g/mol. The normalized spacial score (nSPS) is 16.6. The van der Waals surface area contributed by atoms with Gasteiger partial charge in [0.05, 0.1) is 7.11 Å². The van der Waals surface area contributed by atoms with Crippen LogP contribution in [0.3, 0.4) is 0 Å². The lowest BCUT2D eigenvalue weighted by Gasteiger charge is -2.29. The van der Waals surface area contributed by atoms with Crippen LogP contribution < -0.4 is 4.74 Å². The SMILES string of the molecule is COc1cc(C[C@H](C)[C@@H](C)C(Cc2ccccc2)C2=COCO2)ccc1O. The number of phenolic OH excluding ortho intramolecular Hbond substituents is 1. The van der Waals surface area contributed by atoms with Crippen LogP contribution in [0.2, 0.25) is 0 Å². The van der Waals surface area contributed by atoms with Gasteiger partial charge in [-0.25, -0.2) is 0 Å². The summed E-state index contributed by atoms with van der Waals surface area (Å²) in [6.45, 7) is 4.84. The van der Waals surface area contributed by atoms with Crippen molar-refractivity contribution in [2.24, 2.45) is 17.8 Å². The molecule has 3 atom stereocenters. The van der Waals surface area contributed by atoms with E-state index in [4.69, 9.17) is 14.2 Å². The highest BCUT2D eigenvalue weighted by molar-refractivity contribution is 5.41. The molecule has 144 valence electrons. The van der Waals surface area contributed by atoms with Crippen molar-refractivity contribution in [1.29, 1.82) is 0 Å². The minimum atomic E-state index is 0.172. The van der Waals surface area contributed by atoms with Crippen LogP contribution in [0.25, 0.3) is 0 Å². The molecule has 0 spiro atoms. The van der Waals surface area contributed by atoms with Gasteiger partial charge in [-0.3, -0.25) is 0 Å². The molecular formula is C23H28O4. The standard InChI is InChI=1S/C23H28O4/c1-16(11-19-9-10-21(24)22(13-19)25-3)17(2)20(23-14-26-15-27-23)12-18-7-5-4-6-8-18/h4-10,13-14,16-17,20,24H,11-12,15H2,1-3H3/t16-,17+,20?/m0/s1. The van der Waals surface area contributed by atoms with Crippen molar-refractivity contribution >= 4 is 0 Å². The third-order valence-electron chi connectivity index (χ3n) is 5.49. The number of hydrogen-bond acceptors (Lipinski definition) is 4. The first-order valence-corrected chi connectivity index (χ1v) is 9.42. The van der Waals surface area contributed by atoms with E-state index in [9.17, 15) is 5.11 Å². The van der Waals surface area contributed by atoms with Crippen molar-refractivity contribution in [2.75, 3.05) is 13.9 Å². The molecule has 1 unspecified atom stereocenters. The summed E-state index contributed by atoms with van der Waals surface area (Å²) in [5.41, 5.74) is 2.45. The largest absolute Gasteiger partial charge is 0.504 e. The lowest BCUT2D eigenvalue weighted by molar-refractivity contribution is 0.0619. The number of aromatic hydroxyl groups is 1. The zero-order valence-electron chi connectivity index (χ0n) is 16.2. The summed E-state index contributed by atoms with van der Waals surface area (Å²) in [5, 5.41) is 9.81. The van der Waals surface area contributed by atoms with Crippen LogP contribution in [0.4, 0.5) is 0 Å². The molecule has 1 N–H and O–H groups in total. The Labute approximate surface area is 161 Å². The summed E-state index contributed by atoms with van der Waals surface area (Å²) in [5.74, 6) is 2.68. The highest BCUT2D eigenvalue weighted by atomic mass is 16.7. The topological polar surface area (TPSA) is 47.9 Å². The fourth-order valence-electron chi connectivity index (χ4n) is 3.66. The van der Waals surface area contributed by atoms with E-state index < -0.39 is 0 Å². The summed E-state index contributed by atoms with van der Waals surface area (Å²) < 4.78 is 16.3. The zero-order valence-corrected chi connectivity index (χ0v) is 16.2. The first kappa shape index (κ1) is 19.2. The van der Waals surface area contributed by atoms with E-state index >= 15 is 0 Å². The van der Waals surface area contributed by atoms with Gasteiger partial charge in [0.25, 0.3) is 0 Å². The summed E-state index contributed by atoms with van der Waals surface area (Å²) >= 11 is 0. The quantitative estimate of drug-likeness (QED) is 0.718. The summed E-state index contributed by atoms with van der Waals surface area (Å²) in [7, 11) is 1.57. The van der Waals surface area contributed by atoms with E-state index in [1.54, 1.807) is 19.4 Å². The third-order valence-corrected chi connectivity index (χ3v) is 5.49. The predicted molar refractivity (Wildman–Crippen MR) is 105 cm³/mol. The van der Waals surface area contributed by atoms with Crippen LogP contribution in [0, 0.1) is 17.8 Å². The molecular weight excluding hydrogens is 340 g/mol. The van der Waals surface area contributed by atoms with Gasteiger partial charge in [-0.15, -0.1) is 0 Å². The van der Waals surface area contributed by atoms with E-state index in [2.05, 4.69) is 38.1 Å². The summed E-state index contributed by atoms with van der Waals surface area (Å²) in [6, 6.07) is 16.1. The van der Waals surface area contributed by atoms with Crippen molar-refractivity contribution in [2.45, 2.75) is 26.7 Å². The molecule has 27 heavy (non-hydrogen) atoms. The third kappa shape index (κ3) is 4.76. The van der Waals surface area contributed by atoms with Crippen molar-refractivity contribution in [3.8, 4) is 11.5 Å². The van der Waals surface area contributed by atoms with Gasteiger partial charge in [0.15, 0.2) is 11.5 Å². The molecule has 2 aromatic rings. The fraction of sp³-hybridized carbons (Fsp3) is 0.391. The summed E-state index contributed by atoms with van der Waals surface area (Å²) in [4.78, 5) is 0. The second-order valence-electron chi connectivity index (χ2n) is 7.29. The smallest absolute Gasteiger partial charge is 0.229 e. The summed E-state index contributed by atoms with van der Waals surface area (Å²) in [6.07, 6.45) is 3.58. The van der Waals surface area contributed by atoms with Crippen LogP contribution in [-0.4, -0.2) is 19.0 Å². The van der Waals surface area contributed by atoms with Crippen LogP contribution in [0.1, 0.15) is 25.0 Å². The number of methoxy groups -OCH3 is 1. The van der Waals surface area contributed by atoms with Crippen LogP contribution in [0.15, 0.2) is 60.6 Å². The van der Waals surface area contributed by atoms with E-state index in [1.165, 1.54) is 5.56 Å². The Kier molecular flexibility index (Phi) is 6.28. The lowest BCUT2D eigenvalue weighted by atomic mass is 9.77. The van der Waals surface area contributed by atoms with Crippen LogP contribution in [-0.2, 0) is 22.3 Å². The molecule has 0 aliphatic carbocycles. The minimum absolute atomic E-state index is 0.172. The van der Waals surface area contributed by atoms with Gasteiger partial charge in [-0.1, -0.05) is 50.2 Å². The van der Waals surface area contributed by atoms with Gasteiger partial charge >= 0.3 is 0 Å². The molecule has 0 radical (unpaired) electrons. The molecule has 4 heteroatoms. The molecule has 0 saturated carbocycles. The molecule has 1 heterocycles. The van der Waals surface area contributed by atoms with E-state index in [1.807, 2.05) is 18.2 Å². The molecule has 0 amide bonds. The van der Waals surface area contributed by atoms with Crippen molar-refractivity contribution in [3.63, 3.8) is 0 Å². The molecule has 0 fully saturated rings. The van der Waals surface area contributed by atoms with E-state index in [0.29, 0.717) is 24.4 Å². The maximum absolute atomic E-state index is 9.81. The average Bonchev–Trinajstić information content (AvgIpc) is 3.22. The highest BCUT2D eigenvalue weighted by Crippen LogP contribution is 2.35. The number of hydrogen-bond donors (Lipinski definition) is 1. The predicted octanol–water partition coefficient (Wildman–Crippen LogP) is 4.92. The van der Waals surface area contributed by atoms with Crippen LogP contribution >= 0.6 is 0 Å². The molecule has 2 aromatic carbocycles. The second-order valence-corrected chi connectivity index (χ2v) is 7.29. The van der Waals surface area contributed by atoms with Gasteiger partial charge in [0.2, 0.25) is 6.79 Å². The number of ether oxygens (including phenoxy) is 3. The molecule has 1 aliphatic heterocycles. The number of rotatable bonds is 8. The Bertz CT molecular complexity index is 769. The number of allylic oxidation sites excluding steroid dienone is 1. The Morgan fingerprint density at radius 3 is 2.48 bits per heavy atom. The lowest BCUT2D eigenvalue weighted by Crippen LogP contribution is -2.24. The first-order chi connectivity index (χ1) is 13.1. The van der Waals surface area contributed by atoms with Crippen molar-refractivity contribution in [3.05, 3.63) is 71.7 Å². The Morgan fingerprint density at radius 1 is 1.04 bits per heavy atom. The molecule has 0 bridgehead atoms. The molecule has 3 rings (SSSR count). The minimum Gasteiger partial charge on any atom is -0.504 e. The van der Waals surface area contributed by atoms with Crippen molar-refractivity contribution < 1.29 is 19.3 Å². The zero-order chi connectivity index (χ0) is 19.2. The molecule has 1 aliphatic rings. The van der Waals surface area contributed by atoms with Gasteiger partial charge in [0, 0.05) is 5.92 Å². The maximum atomic E-state index is 9.81. The van der Waals surface area contributed by atoms with Gasteiger partial charge in [-0.05, 0) is 47.9 Å². The molecule has 0 aromatic heterocycles. The highest BCUT2D eigenvalue weighted by Gasteiger charge is 2.30. The Morgan fingerprint density at radius 2 is 1.81 bits per heavy atom. The number of phenols is 1. The Balaban J connectivity index is 1.75.